The number of thiophene rings is 1. The van der Waals surface area contributed by atoms with E-state index in [2.05, 4.69) is 20.6 Å². The van der Waals surface area contributed by atoms with E-state index in [-0.39, 0.29) is 48.8 Å². The first-order valence-electron chi connectivity index (χ1n) is 12.8. The topological polar surface area (TPSA) is 138 Å². The van der Waals surface area contributed by atoms with Gasteiger partial charge >= 0.3 is 17.7 Å². The Labute approximate surface area is 234 Å². The summed E-state index contributed by atoms with van der Waals surface area (Å²) in [4.78, 5) is 62.8. The van der Waals surface area contributed by atoms with Gasteiger partial charge in [-0.1, -0.05) is 12.1 Å². The number of aromatic nitrogens is 2. The zero-order valence-electron chi connectivity index (χ0n) is 22.5. The number of amides is 4. The second kappa shape index (κ2) is 13.0. The van der Waals surface area contributed by atoms with Gasteiger partial charge in [0.05, 0.1) is 15.8 Å². The molecule has 12 heteroatoms. The average Bonchev–Trinajstić information content (AvgIpc) is 3.49. The minimum Gasteiger partial charge on any atom is -0.388 e. The summed E-state index contributed by atoms with van der Waals surface area (Å²) in [6, 6.07) is 11.9. The highest BCUT2D eigenvalue weighted by atomic mass is 32.1. The van der Waals surface area contributed by atoms with Crippen LogP contribution >= 0.6 is 11.3 Å². The number of pyridine rings is 1. The lowest BCUT2D eigenvalue weighted by Crippen LogP contribution is -2.42. The maximum Gasteiger partial charge on any atom is 0.348 e. The molecule has 0 aliphatic rings. The van der Waals surface area contributed by atoms with Crippen LogP contribution in [0.25, 0.3) is 10.9 Å². The van der Waals surface area contributed by atoms with Crippen LogP contribution in [-0.2, 0) is 11.2 Å². The first-order chi connectivity index (χ1) is 19.3. The Morgan fingerprint density at radius 2 is 1.93 bits per heavy atom. The molecule has 0 saturated carbocycles. The monoisotopic (exact) mass is 562 g/mol. The Hall–Kier alpha value is -4.58. The molecule has 3 heterocycles. The van der Waals surface area contributed by atoms with Gasteiger partial charge in [-0.2, -0.15) is 4.98 Å². The molecule has 40 heavy (non-hydrogen) atoms. The second-order valence-corrected chi connectivity index (χ2v) is 9.91. The summed E-state index contributed by atoms with van der Waals surface area (Å²) in [5.41, 5.74) is 1.46. The summed E-state index contributed by atoms with van der Waals surface area (Å²) in [5, 5.41) is 7.50. The summed E-state index contributed by atoms with van der Waals surface area (Å²) >= 11 is 1.32. The van der Waals surface area contributed by atoms with Gasteiger partial charge < -0.3 is 20.0 Å². The van der Waals surface area contributed by atoms with Crippen LogP contribution in [0.1, 0.15) is 34.3 Å². The van der Waals surface area contributed by atoms with Gasteiger partial charge in [0.1, 0.15) is 0 Å². The summed E-state index contributed by atoms with van der Waals surface area (Å²) in [6.07, 6.45) is 2.33. The van der Waals surface area contributed by atoms with Gasteiger partial charge in [-0.25, -0.2) is 14.5 Å². The number of carbonyl (C=O) groups excluding carboxylic acids is 3. The quantitative estimate of drug-likeness (QED) is 0.300. The molecule has 0 aliphatic heterocycles. The van der Waals surface area contributed by atoms with Crippen molar-refractivity contribution in [2.45, 2.75) is 26.7 Å². The van der Waals surface area contributed by atoms with Crippen molar-refractivity contribution in [2.75, 3.05) is 36.9 Å². The number of anilines is 2. The van der Waals surface area contributed by atoms with Crippen molar-refractivity contribution in [3.63, 3.8) is 0 Å². The van der Waals surface area contributed by atoms with Crippen molar-refractivity contribution in [3.05, 3.63) is 80.6 Å². The molecule has 11 nitrogen and oxygen atoms in total. The molecule has 4 rings (SSSR count). The van der Waals surface area contributed by atoms with E-state index in [1.54, 1.807) is 56.7 Å². The number of carbonyl (C=O) groups is 3. The largest absolute Gasteiger partial charge is 0.388 e. The molecular formula is C28H30N6O5S. The molecule has 3 aromatic heterocycles. The van der Waals surface area contributed by atoms with Crippen LogP contribution < -0.4 is 21.2 Å². The van der Waals surface area contributed by atoms with Gasteiger partial charge in [0.15, 0.2) is 0 Å². The van der Waals surface area contributed by atoms with Crippen LogP contribution in [0.4, 0.5) is 16.5 Å². The van der Waals surface area contributed by atoms with Gasteiger partial charge in [-0.05, 0) is 55.1 Å². The molecule has 0 radical (unpaired) electrons. The first kappa shape index (κ1) is 28.4. The minimum absolute atomic E-state index is 0.0574. The third kappa shape index (κ3) is 6.70. The summed E-state index contributed by atoms with van der Waals surface area (Å²) in [6.45, 7) is 4.28. The van der Waals surface area contributed by atoms with E-state index >= 15 is 0 Å². The molecule has 0 fully saturated rings. The van der Waals surface area contributed by atoms with Crippen molar-refractivity contribution >= 4 is 51.8 Å². The Balaban J connectivity index is 1.43. The fraction of sp³-hybridized carbons (Fsp3) is 0.286. The molecule has 2 N–H and O–H groups in total. The van der Waals surface area contributed by atoms with E-state index in [1.165, 1.54) is 21.1 Å². The molecule has 0 saturated heterocycles. The second-order valence-electron chi connectivity index (χ2n) is 8.97. The van der Waals surface area contributed by atoms with Crippen molar-refractivity contribution in [1.82, 2.24) is 20.2 Å². The SMILES string of the molecule is CCN(C(=O)N(C)CCc1ccccn1)c1nc2ccc(NC(=O)CCNC(=O)c3cccs3)c(C)c2c(=O)o1. The summed E-state index contributed by atoms with van der Waals surface area (Å²) < 4.78 is 5.49. The van der Waals surface area contributed by atoms with E-state index in [0.29, 0.717) is 34.6 Å². The number of hydrogen-bond donors (Lipinski definition) is 2. The average molecular weight is 563 g/mol. The number of rotatable bonds is 10. The summed E-state index contributed by atoms with van der Waals surface area (Å²) in [7, 11) is 1.67. The summed E-state index contributed by atoms with van der Waals surface area (Å²) in [5.74, 6) is -0.553. The molecule has 0 spiro atoms. The number of benzene rings is 1. The fourth-order valence-corrected chi connectivity index (χ4v) is 4.68. The number of nitrogens with one attached hydrogen (secondary N) is 2. The smallest absolute Gasteiger partial charge is 0.348 e. The van der Waals surface area contributed by atoms with Crippen molar-refractivity contribution in [3.8, 4) is 0 Å². The van der Waals surface area contributed by atoms with Crippen molar-refractivity contribution < 1.29 is 18.8 Å². The van der Waals surface area contributed by atoms with E-state index in [4.69, 9.17) is 4.42 Å². The van der Waals surface area contributed by atoms with E-state index in [9.17, 15) is 19.2 Å². The van der Waals surface area contributed by atoms with Crippen LogP contribution in [-0.4, -0.2) is 59.4 Å². The molecule has 4 aromatic rings. The lowest BCUT2D eigenvalue weighted by molar-refractivity contribution is -0.116. The highest BCUT2D eigenvalue weighted by Crippen LogP contribution is 2.24. The molecule has 0 unspecified atom stereocenters. The predicted octanol–water partition coefficient (Wildman–Crippen LogP) is 3.83. The standard InChI is InChI=1S/C28H30N6O5S/c1-4-34(28(38)33(3)16-13-19-8-5-6-14-29-19)27-32-21-11-10-20(18(2)24(21)26(37)39-27)31-23(35)12-15-30-25(36)22-9-7-17-40-22/h5-11,14,17H,4,12-13,15-16H2,1-3H3,(H,30,36)(H,31,35). The highest BCUT2D eigenvalue weighted by Gasteiger charge is 2.24. The zero-order chi connectivity index (χ0) is 28.6. The van der Waals surface area contributed by atoms with Crippen LogP contribution in [0.3, 0.4) is 0 Å². The van der Waals surface area contributed by atoms with Crippen LogP contribution in [0.2, 0.25) is 0 Å². The third-order valence-electron chi connectivity index (χ3n) is 6.24. The molecule has 0 bridgehead atoms. The molecule has 4 amide bonds. The van der Waals surface area contributed by atoms with Crippen molar-refractivity contribution in [2.24, 2.45) is 0 Å². The Morgan fingerprint density at radius 3 is 2.62 bits per heavy atom. The minimum atomic E-state index is -0.667. The van der Waals surface area contributed by atoms with Gasteiger partial charge in [-0.15, -0.1) is 11.3 Å². The normalized spacial score (nSPS) is 10.8. The molecule has 0 atom stereocenters. The Morgan fingerprint density at radius 1 is 1.10 bits per heavy atom. The predicted molar refractivity (Wildman–Crippen MR) is 154 cm³/mol. The van der Waals surface area contributed by atoms with Crippen LogP contribution in [0.15, 0.2) is 63.3 Å². The van der Waals surface area contributed by atoms with Gasteiger partial charge in [-0.3, -0.25) is 14.6 Å². The van der Waals surface area contributed by atoms with E-state index in [0.717, 1.165) is 5.69 Å². The van der Waals surface area contributed by atoms with E-state index in [1.807, 2.05) is 18.2 Å². The number of aryl methyl sites for hydroxylation is 1. The first-order valence-corrected chi connectivity index (χ1v) is 13.6. The molecular weight excluding hydrogens is 532 g/mol. The highest BCUT2D eigenvalue weighted by molar-refractivity contribution is 7.12. The Bertz CT molecular complexity index is 1550. The molecule has 208 valence electrons. The zero-order valence-corrected chi connectivity index (χ0v) is 23.3. The fourth-order valence-electron chi connectivity index (χ4n) is 4.04. The number of hydrogen-bond acceptors (Lipinski definition) is 8. The van der Waals surface area contributed by atoms with Gasteiger partial charge in [0, 0.05) is 57.1 Å². The molecule has 0 aliphatic carbocycles. The Kier molecular flexibility index (Phi) is 9.23. The molecule has 1 aromatic carbocycles. The van der Waals surface area contributed by atoms with Crippen LogP contribution in [0, 0.1) is 6.92 Å². The number of fused-ring (bicyclic) bond motifs is 1. The maximum atomic E-state index is 13.1. The van der Waals surface area contributed by atoms with E-state index < -0.39 is 5.63 Å². The third-order valence-corrected chi connectivity index (χ3v) is 7.11. The van der Waals surface area contributed by atoms with Crippen molar-refractivity contribution in [1.29, 1.82) is 0 Å². The lowest BCUT2D eigenvalue weighted by atomic mass is 10.1. The van der Waals surface area contributed by atoms with Gasteiger partial charge in [0.2, 0.25) is 5.91 Å². The number of urea groups is 1. The maximum absolute atomic E-state index is 13.1. The number of nitrogens with zero attached hydrogens (tertiary/aromatic N) is 4. The number of likely N-dealkylation sites (N-methyl/N-ethyl adjacent to an activating group) is 1. The van der Waals surface area contributed by atoms with Crippen LogP contribution in [0.5, 0.6) is 0 Å². The lowest BCUT2D eigenvalue weighted by Gasteiger charge is -2.25. The van der Waals surface area contributed by atoms with Gasteiger partial charge in [0.25, 0.3) is 5.91 Å².